The van der Waals surface area contributed by atoms with Gasteiger partial charge in [0.05, 0.1) is 11.4 Å². The molecular formula is C24H17N7S. The summed E-state index contributed by atoms with van der Waals surface area (Å²) in [4.78, 5) is 11.7. The number of aromatic nitrogens is 2. The van der Waals surface area contributed by atoms with Gasteiger partial charge in [0.15, 0.2) is 11.4 Å². The molecule has 0 radical (unpaired) electrons. The number of anilines is 2. The molecule has 2 heterocycles. The molecule has 2 aromatic carbocycles. The Morgan fingerprint density at radius 1 is 1.00 bits per heavy atom. The van der Waals surface area contributed by atoms with Gasteiger partial charge in [0.2, 0.25) is 0 Å². The minimum Gasteiger partial charge on any atom is -0.339 e. The highest BCUT2D eigenvalue weighted by Gasteiger charge is 2.29. The SMILES string of the molecule is CCN1/C(=C(/C#N)c2nc(C#N)c(C#N)nc2Sc2ccc(C)cc2)Nc2ccccc21. The molecule has 0 fully saturated rings. The van der Waals surface area contributed by atoms with Crippen molar-refractivity contribution in [2.75, 3.05) is 16.8 Å². The second kappa shape index (κ2) is 8.81. The third kappa shape index (κ3) is 3.74. The average molecular weight is 436 g/mol. The van der Waals surface area contributed by atoms with Crippen LogP contribution in [0.15, 0.2) is 64.3 Å². The molecule has 0 saturated heterocycles. The summed E-state index contributed by atoms with van der Waals surface area (Å²) in [6.45, 7) is 4.61. The van der Waals surface area contributed by atoms with Crippen LogP contribution in [-0.4, -0.2) is 16.5 Å². The van der Waals surface area contributed by atoms with Crippen molar-refractivity contribution in [2.24, 2.45) is 0 Å². The molecule has 1 N–H and O–H groups in total. The van der Waals surface area contributed by atoms with E-state index in [-0.39, 0.29) is 22.7 Å². The lowest BCUT2D eigenvalue weighted by Gasteiger charge is -2.19. The molecule has 1 aliphatic heterocycles. The Morgan fingerprint density at radius 3 is 2.34 bits per heavy atom. The van der Waals surface area contributed by atoms with Crippen molar-refractivity contribution in [3.05, 3.63) is 77.0 Å². The molecular weight excluding hydrogens is 418 g/mol. The van der Waals surface area contributed by atoms with Gasteiger partial charge < -0.3 is 10.2 Å². The number of benzene rings is 2. The van der Waals surface area contributed by atoms with E-state index in [0.29, 0.717) is 17.4 Å². The first-order valence-corrected chi connectivity index (χ1v) is 10.7. The smallest absolute Gasteiger partial charge is 0.178 e. The highest BCUT2D eigenvalue weighted by atomic mass is 32.2. The number of allylic oxidation sites excluding steroid dienone is 1. The molecule has 7 nitrogen and oxygen atoms in total. The van der Waals surface area contributed by atoms with Crippen molar-refractivity contribution >= 4 is 28.7 Å². The maximum atomic E-state index is 10.1. The fourth-order valence-corrected chi connectivity index (χ4v) is 4.28. The van der Waals surface area contributed by atoms with Gasteiger partial charge >= 0.3 is 0 Å². The van der Waals surface area contributed by atoms with Gasteiger partial charge in [0.1, 0.15) is 40.3 Å². The normalized spacial score (nSPS) is 13.4. The number of hydrogen-bond acceptors (Lipinski definition) is 8. The fourth-order valence-electron chi connectivity index (χ4n) is 3.40. The standard InChI is InChI=1S/C24H17N7S/c1-3-31-21-7-5-4-6-18(21)29-23(31)17(12-25)22-24(30-20(14-27)19(13-26)28-22)32-16-10-8-15(2)9-11-16/h4-11,29H,3H2,1-2H3/b23-17-. The molecule has 32 heavy (non-hydrogen) atoms. The number of fused-ring (bicyclic) bond motifs is 1. The molecule has 0 atom stereocenters. The van der Waals surface area contributed by atoms with Crippen molar-refractivity contribution in [1.82, 2.24) is 9.97 Å². The van der Waals surface area contributed by atoms with Crippen molar-refractivity contribution in [1.29, 1.82) is 15.8 Å². The van der Waals surface area contributed by atoms with Crippen molar-refractivity contribution < 1.29 is 0 Å². The summed E-state index contributed by atoms with van der Waals surface area (Å²) in [5.74, 6) is 0.574. The first-order valence-electron chi connectivity index (χ1n) is 9.84. The van der Waals surface area contributed by atoms with Crippen molar-refractivity contribution in [2.45, 2.75) is 23.8 Å². The Balaban J connectivity index is 1.92. The molecule has 0 saturated carbocycles. The quantitative estimate of drug-likeness (QED) is 0.580. The maximum absolute atomic E-state index is 10.1. The Labute approximate surface area is 190 Å². The molecule has 1 aromatic heterocycles. The maximum Gasteiger partial charge on any atom is 0.178 e. The van der Waals surface area contributed by atoms with E-state index in [9.17, 15) is 15.8 Å². The highest BCUT2D eigenvalue weighted by Crippen LogP contribution is 2.40. The molecule has 0 bridgehead atoms. The average Bonchev–Trinajstić information content (AvgIpc) is 3.19. The van der Waals surface area contributed by atoms with E-state index in [1.54, 1.807) is 0 Å². The largest absolute Gasteiger partial charge is 0.339 e. The second-order valence-electron chi connectivity index (χ2n) is 6.94. The molecule has 0 unspecified atom stereocenters. The van der Waals surface area contributed by atoms with Gasteiger partial charge in [-0.25, -0.2) is 9.97 Å². The van der Waals surface area contributed by atoms with Crippen molar-refractivity contribution in [3.8, 4) is 18.2 Å². The summed E-state index contributed by atoms with van der Waals surface area (Å²) in [5.41, 5.74) is 3.29. The molecule has 4 rings (SSSR count). The van der Waals surface area contributed by atoms with Gasteiger partial charge in [-0.05, 0) is 38.1 Å². The minimum atomic E-state index is -0.109. The predicted molar refractivity (Wildman–Crippen MR) is 122 cm³/mol. The van der Waals surface area contributed by atoms with E-state index in [4.69, 9.17) is 0 Å². The monoisotopic (exact) mass is 435 g/mol. The number of aryl methyl sites for hydroxylation is 1. The van der Waals surface area contributed by atoms with Crippen LogP contribution in [0.3, 0.4) is 0 Å². The van der Waals surface area contributed by atoms with Gasteiger partial charge in [-0.1, -0.05) is 41.6 Å². The Bertz CT molecular complexity index is 1360. The summed E-state index contributed by atoms with van der Waals surface area (Å²) >= 11 is 1.30. The van der Waals surface area contributed by atoms with Gasteiger partial charge in [-0.15, -0.1) is 0 Å². The lowest BCUT2D eigenvalue weighted by atomic mass is 10.2. The fraction of sp³-hybridized carbons (Fsp3) is 0.125. The predicted octanol–water partition coefficient (Wildman–Crippen LogP) is 4.82. The zero-order valence-electron chi connectivity index (χ0n) is 17.4. The summed E-state index contributed by atoms with van der Waals surface area (Å²) < 4.78 is 0. The van der Waals surface area contributed by atoms with Crippen LogP contribution in [0.2, 0.25) is 0 Å². The summed E-state index contributed by atoms with van der Waals surface area (Å²) in [5, 5.41) is 32.8. The summed E-state index contributed by atoms with van der Waals surface area (Å²) in [6.07, 6.45) is 0. The Kier molecular flexibility index (Phi) is 5.77. The van der Waals surface area contributed by atoms with E-state index >= 15 is 0 Å². The third-order valence-corrected chi connectivity index (χ3v) is 5.92. The number of nitrogens with one attached hydrogen (secondary N) is 1. The molecule has 0 aliphatic carbocycles. The second-order valence-corrected chi connectivity index (χ2v) is 8.00. The van der Waals surface area contributed by atoms with Crippen LogP contribution in [0.4, 0.5) is 11.4 Å². The topological polar surface area (TPSA) is 112 Å². The lowest BCUT2D eigenvalue weighted by molar-refractivity contribution is 0.967. The van der Waals surface area contributed by atoms with E-state index in [2.05, 4.69) is 21.4 Å². The number of rotatable bonds is 4. The van der Waals surface area contributed by atoms with Crippen LogP contribution < -0.4 is 10.2 Å². The van der Waals surface area contributed by atoms with Crippen molar-refractivity contribution in [3.63, 3.8) is 0 Å². The molecule has 0 spiro atoms. The Morgan fingerprint density at radius 2 is 1.69 bits per heavy atom. The number of hydrogen-bond donors (Lipinski definition) is 1. The van der Waals surface area contributed by atoms with E-state index in [1.165, 1.54) is 11.8 Å². The van der Waals surface area contributed by atoms with Gasteiger partial charge in [-0.2, -0.15) is 15.8 Å². The highest BCUT2D eigenvalue weighted by molar-refractivity contribution is 7.99. The zero-order valence-corrected chi connectivity index (χ0v) is 18.2. The van der Waals surface area contributed by atoms with E-state index in [1.807, 2.05) is 79.4 Å². The van der Waals surface area contributed by atoms with Crippen LogP contribution in [0.25, 0.3) is 5.57 Å². The van der Waals surface area contributed by atoms with E-state index in [0.717, 1.165) is 21.8 Å². The summed E-state index contributed by atoms with van der Waals surface area (Å²) in [6, 6.07) is 21.7. The number of nitriles is 3. The minimum absolute atomic E-state index is 0.0665. The molecule has 0 amide bonds. The molecule has 154 valence electrons. The van der Waals surface area contributed by atoms with Crippen LogP contribution in [0, 0.1) is 40.9 Å². The first-order chi connectivity index (χ1) is 15.6. The van der Waals surface area contributed by atoms with Gasteiger partial charge in [-0.3, -0.25) is 0 Å². The Hall–Kier alpha value is -4.32. The van der Waals surface area contributed by atoms with Crippen LogP contribution in [0.5, 0.6) is 0 Å². The van der Waals surface area contributed by atoms with Gasteiger partial charge in [0.25, 0.3) is 0 Å². The van der Waals surface area contributed by atoms with Crippen LogP contribution >= 0.6 is 11.8 Å². The molecule has 1 aliphatic rings. The number of para-hydroxylation sites is 2. The molecule has 3 aromatic rings. The van der Waals surface area contributed by atoms with Crippen LogP contribution in [-0.2, 0) is 0 Å². The summed E-state index contributed by atoms with van der Waals surface area (Å²) in [7, 11) is 0. The van der Waals surface area contributed by atoms with Gasteiger partial charge in [0, 0.05) is 11.4 Å². The van der Waals surface area contributed by atoms with E-state index < -0.39 is 0 Å². The number of nitrogens with zero attached hydrogens (tertiary/aromatic N) is 6. The molecule has 8 heteroatoms. The van der Waals surface area contributed by atoms with Crippen LogP contribution in [0.1, 0.15) is 29.6 Å². The lowest BCUT2D eigenvalue weighted by Crippen LogP contribution is -2.22. The zero-order chi connectivity index (χ0) is 22.7. The first kappa shape index (κ1) is 20.9. The third-order valence-electron chi connectivity index (χ3n) is 4.93.